The molecule has 0 unspecified atom stereocenters. The van der Waals surface area contributed by atoms with Crippen LogP contribution in [-0.4, -0.2) is 11.6 Å². The number of hydrogen-bond acceptors (Lipinski definition) is 2. The lowest BCUT2D eigenvalue weighted by molar-refractivity contribution is -0.127. The van der Waals surface area contributed by atoms with E-state index >= 15 is 0 Å². The molecule has 0 aliphatic heterocycles. The van der Waals surface area contributed by atoms with E-state index in [2.05, 4.69) is 0 Å². The van der Waals surface area contributed by atoms with Crippen molar-refractivity contribution in [3.05, 3.63) is 0 Å². The predicted octanol–water partition coefficient (Wildman–Crippen LogP) is 2.75. The lowest BCUT2D eigenvalue weighted by Crippen LogP contribution is -2.25. The van der Waals surface area contributed by atoms with Crippen LogP contribution < -0.4 is 0 Å². The van der Waals surface area contributed by atoms with Crippen molar-refractivity contribution in [3.8, 4) is 0 Å². The molecule has 84 valence electrons. The van der Waals surface area contributed by atoms with Gasteiger partial charge >= 0.3 is 0 Å². The van der Waals surface area contributed by atoms with E-state index in [0.29, 0.717) is 17.5 Å². The summed E-state index contributed by atoms with van der Waals surface area (Å²) in [5.41, 5.74) is 0. The molecule has 0 heterocycles. The van der Waals surface area contributed by atoms with Crippen molar-refractivity contribution in [2.75, 3.05) is 0 Å². The predicted molar refractivity (Wildman–Crippen MR) is 58.5 cm³/mol. The van der Waals surface area contributed by atoms with E-state index in [0.717, 1.165) is 32.1 Å². The van der Waals surface area contributed by atoms with Crippen molar-refractivity contribution in [1.29, 1.82) is 0 Å². The molecule has 0 amide bonds. The summed E-state index contributed by atoms with van der Waals surface area (Å²) in [4.78, 5) is 23.0. The first-order chi connectivity index (χ1) is 7.16. The molecule has 2 aliphatic rings. The maximum absolute atomic E-state index is 11.8. The molecule has 0 spiro atoms. The number of carbonyl (C=O) groups is 2. The molecular formula is C13H20O2. The summed E-state index contributed by atoms with van der Waals surface area (Å²) in [6, 6.07) is 0. The molecule has 0 saturated heterocycles. The maximum Gasteiger partial charge on any atom is 0.136 e. The topological polar surface area (TPSA) is 34.1 Å². The minimum absolute atomic E-state index is 0.245. The summed E-state index contributed by atoms with van der Waals surface area (Å²) < 4.78 is 0. The Morgan fingerprint density at radius 3 is 1.93 bits per heavy atom. The third-order valence-corrected chi connectivity index (χ3v) is 3.94. The van der Waals surface area contributed by atoms with Crippen LogP contribution in [0, 0.1) is 17.8 Å². The van der Waals surface area contributed by atoms with E-state index in [-0.39, 0.29) is 11.8 Å². The number of rotatable bonds is 4. The fourth-order valence-electron chi connectivity index (χ4n) is 2.60. The van der Waals surface area contributed by atoms with Crippen molar-refractivity contribution in [1.82, 2.24) is 0 Å². The van der Waals surface area contributed by atoms with Gasteiger partial charge in [0.05, 0.1) is 0 Å². The van der Waals surface area contributed by atoms with E-state index in [1.54, 1.807) is 6.92 Å². The van der Waals surface area contributed by atoms with Gasteiger partial charge in [0.15, 0.2) is 0 Å². The molecule has 2 fully saturated rings. The Kier molecular flexibility index (Phi) is 3.22. The minimum atomic E-state index is 0.245. The lowest BCUT2D eigenvalue weighted by atomic mass is 9.78. The van der Waals surface area contributed by atoms with E-state index in [1.165, 1.54) is 12.8 Å². The highest BCUT2D eigenvalue weighted by atomic mass is 16.1. The molecule has 2 saturated carbocycles. The summed E-state index contributed by atoms with van der Waals surface area (Å²) in [6.45, 7) is 1.68. The Hall–Kier alpha value is -0.660. The van der Waals surface area contributed by atoms with Crippen LogP contribution in [-0.2, 0) is 9.59 Å². The molecule has 0 atom stereocenters. The van der Waals surface area contributed by atoms with E-state index in [1.807, 2.05) is 0 Å². The molecule has 2 nitrogen and oxygen atoms in total. The average Bonchev–Trinajstić information content (AvgIpc) is 3.02. The van der Waals surface area contributed by atoms with Gasteiger partial charge in [0.25, 0.3) is 0 Å². The van der Waals surface area contributed by atoms with E-state index in [4.69, 9.17) is 0 Å². The lowest BCUT2D eigenvalue weighted by Gasteiger charge is -2.25. The standard InChI is InChI=1S/C13H20O2/c1-9(14)11-4-6-12(7-5-11)13(15)8-10-2-3-10/h10-12H,2-8H2,1H3. The summed E-state index contributed by atoms with van der Waals surface area (Å²) >= 11 is 0. The van der Waals surface area contributed by atoms with Crippen molar-refractivity contribution in [3.63, 3.8) is 0 Å². The highest BCUT2D eigenvalue weighted by Gasteiger charge is 2.31. The van der Waals surface area contributed by atoms with Gasteiger partial charge in [0.2, 0.25) is 0 Å². The summed E-state index contributed by atoms with van der Waals surface area (Å²) in [6.07, 6.45) is 7.12. The smallest absolute Gasteiger partial charge is 0.136 e. The van der Waals surface area contributed by atoms with Gasteiger partial charge in [0, 0.05) is 18.3 Å². The van der Waals surface area contributed by atoms with Crippen LogP contribution >= 0.6 is 0 Å². The van der Waals surface area contributed by atoms with Gasteiger partial charge in [-0.25, -0.2) is 0 Å². The SMILES string of the molecule is CC(=O)C1CCC(C(=O)CC2CC2)CC1. The summed E-state index contributed by atoms with van der Waals surface area (Å²) in [5, 5.41) is 0. The molecule has 0 N–H and O–H groups in total. The Bertz CT molecular complexity index is 258. The molecule has 2 rings (SSSR count). The Morgan fingerprint density at radius 2 is 1.47 bits per heavy atom. The fraction of sp³-hybridized carbons (Fsp3) is 0.846. The Morgan fingerprint density at radius 1 is 0.933 bits per heavy atom. The summed E-state index contributed by atoms with van der Waals surface area (Å²) in [7, 11) is 0. The highest BCUT2D eigenvalue weighted by Crippen LogP contribution is 2.36. The third kappa shape index (κ3) is 2.90. The van der Waals surface area contributed by atoms with Gasteiger partial charge in [-0.2, -0.15) is 0 Å². The van der Waals surface area contributed by atoms with Crippen molar-refractivity contribution < 1.29 is 9.59 Å². The van der Waals surface area contributed by atoms with E-state index < -0.39 is 0 Å². The number of Topliss-reactive ketones (excluding diaryl/α,β-unsaturated/α-hetero) is 2. The first-order valence-corrected chi connectivity index (χ1v) is 6.20. The Labute approximate surface area is 91.4 Å². The fourth-order valence-corrected chi connectivity index (χ4v) is 2.60. The van der Waals surface area contributed by atoms with Crippen LogP contribution in [0.2, 0.25) is 0 Å². The molecule has 0 aromatic carbocycles. The van der Waals surface area contributed by atoms with Crippen LogP contribution in [0.25, 0.3) is 0 Å². The minimum Gasteiger partial charge on any atom is -0.300 e. The highest BCUT2D eigenvalue weighted by molar-refractivity contribution is 5.82. The zero-order valence-electron chi connectivity index (χ0n) is 9.50. The van der Waals surface area contributed by atoms with Gasteiger partial charge in [-0.05, 0) is 51.4 Å². The van der Waals surface area contributed by atoms with Gasteiger partial charge in [0.1, 0.15) is 11.6 Å². The first kappa shape index (κ1) is 10.8. The zero-order valence-corrected chi connectivity index (χ0v) is 9.50. The van der Waals surface area contributed by atoms with Crippen LogP contribution in [0.3, 0.4) is 0 Å². The quantitative estimate of drug-likeness (QED) is 0.712. The van der Waals surface area contributed by atoms with Gasteiger partial charge < -0.3 is 0 Å². The summed E-state index contributed by atoms with van der Waals surface area (Å²) in [5.74, 6) is 2.02. The molecule has 0 radical (unpaired) electrons. The van der Waals surface area contributed by atoms with Crippen LogP contribution in [0.15, 0.2) is 0 Å². The van der Waals surface area contributed by atoms with Gasteiger partial charge in [-0.3, -0.25) is 9.59 Å². The first-order valence-electron chi connectivity index (χ1n) is 6.20. The second-order valence-electron chi connectivity index (χ2n) is 5.27. The van der Waals surface area contributed by atoms with Gasteiger partial charge in [-0.15, -0.1) is 0 Å². The van der Waals surface area contributed by atoms with Crippen LogP contribution in [0.4, 0.5) is 0 Å². The van der Waals surface area contributed by atoms with Crippen molar-refractivity contribution in [2.24, 2.45) is 17.8 Å². The monoisotopic (exact) mass is 208 g/mol. The van der Waals surface area contributed by atoms with Crippen LogP contribution in [0.1, 0.15) is 51.9 Å². The third-order valence-electron chi connectivity index (χ3n) is 3.94. The molecule has 0 bridgehead atoms. The zero-order chi connectivity index (χ0) is 10.8. The second-order valence-corrected chi connectivity index (χ2v) is 5.27. The maximum atomic E-state index is 11.8. The molecule has 0 aromatic heterocycles. The molecule has 15 heavy (non-hydrogen) atoms. The van der Waals surface area contributed by atoms with Crippen molar-refractivity contribution >= 4 is 11.6 Å². The molecule has 0 aromatic rings. The normalized spacial score (nSPS) is 31.3. The molecular weight excluding hydrogens is 188 g/mol. The number of carbonyl (C=O) groups excluding carboxylic acids is 2. The average molecular weight is 208 g/mol. The molecule has 2 aliphatic carbocycles. The number of hydrogen-bond donors (Lipinski definition) is 0. The van der Waals surface area contributed by atoms with E-state index in [9.17, 15) is 9.59 Å². The molecule has 2 heteroatoms. The Balaban J connectivity index is 1.76. The number of ketones is 2. The second kappa shape index (κ2) is 4.46. The van der Waals surface area contributed by atoms with Crippen LogP contribution in [0.5, 0.6) is 0 Å². The van der Waals surface area contributed by atoms with Gasteiger partial charge in [-0.1, -0.05) is 0 Å². The largest absolute Gasteiger partial charge is 0.300 e. The van der Waals surface area contributed by atoms with Crippen molar-refractivity contribution in [2.45, 2.75) is 51.9 Å².